The van der Waals surface area contributed by atoms with Gasteiger partial charge >= 0.3 is 0 Å². The largest absolute Gasteiger partial charge is 0.497 e. The molecule has 230 valence electrons. The maximum absolute atomic E-state index is 13.4. The molecule has 3 N–H and O–H groups in total. The van der Waals surface area contributed by atoms with E-state index in [9.17, 15) is 14.4 Å². The first-order valence-electron chi connectivity index (χ1n) is 14.3. The molecule has 0 bridgehead atoms. The smallest absolute Gasteiger partial charge is 0.272 e. The van der Waals surface area contributed by atoms with E-state index in [2.05, 4.69) is 16.0 Å². The lowest BCUT2D eigenvalue weighted by Gasteiger charge is -2.12. The van der Waals surface area contributed by atoms with Crippen LogP contribution in [0.2, 0.25) is 0 Å². The number of methoxy groups -OCH3 is 1. The van der Waals surface area contributed by atoms with Crippen molar-refractivity contribution in [2.45, 2.75) is 4.90 Å². The molecule has 0 aliphatic carbocycles. The fourth-order valence-electron chi connectivity index (χ4n) is 4.28. The molecular weight excluding hydrogens is 598 g/mol. The van der Waals surface area contributed by atoms with Crippen LogP contribution in [-0.4, -0.2) is 30.6 Å². The van der Waals surface area contributed by atoms with Crippen LogP contribution < -0.4 is 25.4 Å². The van der Waals surface area contributed by atoms with Crippen molar-refractivity contribution in [1.29, 1.82) is 0 Å². The van der Waals surface area contributed by atoms with Crippen molar-refractivity contribution < 1.29 is 23.9 Å². The van der Waals surface area contributed by atoms with Gasteiger partial charge in [0, 0.05) is 21.8 Å². The number of para-hydroxylation sites is 1. The Morgan fingerprint density at radius 1 is 0.674 bits per heavy atom. The first kappa shape index (κ1) is 31.6. The Kier molecular flexibility index (Phi) is 10.8. The van der Waals surface area contributed by atoms with Crippen molar-refractivity contribution >= 4 is 46.9 Å². The fourth-order valence-corrected chi connectivity index (χ4v) is 5.03. The van der Waals surface area contributed by atoms with Crippen LogP contribution in [0, 0.1) is 0 Å². The molecule has 0 aromatic heterocycles. The van der Waals surface area contributed by atoms with Crippen LogP contribution in [0.4, 0.5) is 11.4 Å². The van der Waals surface area contributed by atoms with Gasteiger partial charge in [0.05, 0.1) is 12.9 Å². The number of thioether (sulfide) groups is 1. The Morgan fingerprint density at radius 2 is 1.35 bits per heavy atom. The topological polar surface area (TPSA) is 106 Å². The van der Waals surface area contributed by atoms with Gasteiger partial charge in [0.1, 0.15) is 22.9 Å². The predicted octanol–water partition coefficient (Wildman–Crippen LogP) is 7.63. The number of amides is 3. The highest BCUT2D eigenvalue weighted by molar-refractivity contribution is 8.00. The highest BCUT2D eigenvalue weighted by atomic mass is 32.2. The minimum absolute atomic E-state index is 0.0553. The summed E-state index contributed by atoms with van der Waals surface area (Å²) in [6.45, 7) is 0. The standard InChI is InChI=1S/C37H31N3O5S/c1-44-32-16-8-10-26(22-32)23-34(40-36(42)27-11-4-2-5-12-27)37(43)39-29-13-9-17-33(24-29)46-25-35(41)38-28-18-20-31(21-19-28)45-30-14-6-3-7-15-30/h2-24H,25H2,1H3,(H,38,41)(H,39,43)(H,40,42)/b34-23-. The molecule has 0 radical (unpaired) electrons. The molecule has 8 nitrogen and oxygen atoms in total. The van der Waals surface area contributed by atoms with E-state index < -0.39 is 11.8 Å². The lowest BCUT2D eigenvalue weighted by Crippen LogP contribution is -2.30. The van der Waals surface area contributed by atoms with E-state index in [0.717, 1.165) is 10.6 Å². The highest BCUT2D eigenvalue weighted by Gasteiger charge is 2.16. The van der Waals surface area contributed by atoms with Crippen LogP contribution in [0.15, 0.2) is 144 Å². The Morgan fingerprint density at radius 3 is 2.09 bits per heavy atom. The Labute approximate surface area is 271 Å². The molecule has 0 unspecified atom stereocenters. The van der Waals surface area contributed by atoms with Gasteiger partial charge in [-0.2, -0.15) is 0 Å². The van der Waals surface area contributed by atoms with Crippen molar-refractivity contribution in [2.75, 3.05) is 23.5 Å². The van der Waals surface area contributed by atoms with Crippen molar-refractivity contribution in [2.24, 2.45) is 0 Å². The van der Waals surface area contributed by atoms with Crippen LogP contribution in [0.5, 0.6) is 17.2 Å². The Balaban J connectivity index is 1.20. The number of benzene rings is 5. The molecule has 0 spiro atoms. The average molecular weight is 630 g/mol. The third kappa shape index (κ3) is 9.35. The van der Waals surface area contributed by atoms with Gasteiger partial charge in [-0.25, -0.2) is 0 Å². The zero-order valence-corrected chi connectivity index (χ0v) is 25.8. The van der Waals surface area contributed by atoms with E-state index in [1.165, 1.54) is 11.8 Å². The number of carbonyl (C=O) groups is 3. The third-order valence-electron chi connectivity index (χ3n) is 6.51. The van der Waals surface area contributed by atoms with Gasteiger partial charge in [-0.1, -0.05) is 54.6 Å². The number of ether oxygens (including phenoxy) is 2. The van der Waals surface area contributed by atoms with E-state index >= 15 is 0 Å². The second kappa shape index (κ2) is 15.8. The van der Waals surface area contributed by atoms with Crippen molar-refractivity contribution in [3.63, 3.8) is 0 Å². The van der Waals surface area contributed by atoms with Gasteiger partial charge in [-0.15, -0.1) is 11.8 Å². The SMILES string of the molecule is COc1cccc(/C=C(\NC(=O)c2ccccc2)C(=O)Nc2cccc(SCC(=O)Nc3ccc(Oc4ccccc4)cc3)c2)c1. The molecule has 5 aromatic rings. The van der Waals surface area contributed by atoms with Crippen LogP contribution in [0.1, 0.15) is 15.9 Å². The maximum atomic E-state index is 13.4. The fraction of sp³-hybridized carbons (Fsp3) is 0.0541. The number of anilines is 2. The first-order chi connectivity index (χ1) is 22.4. The summed E-state index contributed by atoms with van der Waals surface area (Å²) in [5.74, 6) is 1.07. The predicted molar refractivity (Wildman–Crippen MR) is 182 cm³/mol. The molecule has 0 saturated heterocycles. The molecule has 46 heavy (non-hydrogen) atoms. The molecule has 0 heterocycles. The molecule has 9 heteroatoms. The van der Waals surface area contributed by atoms with Crippen LogP contribution >= 0.6 is 11.8 Å². The molecule has 0 atom stereocenters. The van der Waals surface area contributed by atoms with Crippen molar-refractivity contribution in [3.8, 4) is 17.2 Å². The second-order valence-corrected chi connectivity index (χ2v) is 11.0. The number of hydrogen-bond acceptors (Lipinski definition) is 6. The zero-order valence-electron chi connectivity index (χ0n) is 24.9. The normalized spacial score (nSPS) is 10.8. The quantitative estimate of drug-likeness (QED) is 0.0968. The third-order valence-corrected chi connectivity index (χ3v) is 7.51. The monoisotopic (exact) mass is 629 g/mol. The van der Waals surface area contributed by atoms with Gasteiger partial charge in [-0.05, 0) is 90.5 Å². The summed E-state index contributed by atoms with van der Waals surface area (Å²) in [5.41, 5.74) is 2.31. The van der Waals surface area contributed by atoms with Gasteiger partial charge in [0.15, 0.2) is 0 Å². The summed E-state index contributed by atoms with van der Waals surface area (Å²) in [4.78, 5) is 39.8. The molecule has 0 aliphatic heterocycles. The molecule has 0 aliphatic rings. The van der Waals surface area contributed by atoms with E-state index in [-0.39, 0.29) is 17.4 Å². The van der Waals surface area contributed by atoms with Gasteiger partial charge in [0.25, 0.3) is 11.8 Å². The minimum Gasteiger partial charge on any atom is -0.497 e. The maximum Gasteiger partial charge on any atom is 0.272 e. The molecular formula is C37H31N3O5S. The summed E-state index contributed by atoms with van der Waals surface area (Å²) in [7, 11) is 1.56. The molecule has 5 rings (SSSR count). The van der Waals surface area contributed by atoms with Crippen LogP contribution in [0.25, 0.3) is 6.08 Å². The molecule has 0 fully saturated rings. The summed E-state index contributed by atoms with van der Waals surface area (Å²) in [6, 6.07) is 39.6. The van der Waals surface area contributed by atoms with Crippen LogP contribution in [0.3, 0.4) is 0 Å². The molecule has 5 aromatic carbocycles. The lowest BCUT2D eigenvalue weighted by atomic mass is 10.1. The summed E-state index contributed by atoms with van der Waals surface area (Å²) in [6.07, 6.45) is 1.59. The average Bonchev–Trinajstić information content (AvgIpc) is 3.09. The van der Waals surface area contributed by atoms with Gasteiger partial charge < -0.3 is 25.4 Å². The second-order valence-electron chi connectivity index (χ2n) is 9.91. The Hall–Kier alpha value is -5.80. The highest BCUT2D eigenvalue weighted by Crippen LogP contribution is 2.25. The summed E-state index contributed by atoms with van der Waals surface area (Å²) < 4.78 is 11.1. The molecule has 3 amide bonds. The number of rotatable bonds is 12. The van der Waals surface area contributed by atoms with E-state index in [0.29, 0.717) is 34.0 Å². The van der Waals surface area contributed by atoms with E-state index in [4.69, 9.17) is 9.47 Å². The van der Waals surface area contributed by atoms with E-state index in [1.807, 2.05) is 42.5 Å². The number of hydrogen-bond donors (Lipinski definition) is 3. The van der Waals surface area contributed by atoms with E-state index in [1.54, 1.807) is 104 Å². The summed E-state index contributed by atoms with van der Waals surface area (Å²) >= 11 is 1.33. The first-order valence-corrected chi connectivity index (χ1v) is 15.3. The zero-order chi connectivity index (χ0) is 32.1. The lowest BCUT2D eigenvalue weighted by molar-refractivity contribution is -0.114. The number of nitrogens with one attached hydrogen (secondary N) is 3. The number of carbonyl (C=O) groups excluding carboxylic acids is 3. The molecule has 0 saturated carbocycles. The van der Waals surface area contributed by atoms with Crippen molar-refractivity contribution in [1.82, 2.24) is 5.32 Å². The van der Waals surface area contributed by atoms with Gasteiger partial charge in [-0.3, -0.25) is 14.4 Å². The van der Waals surface area contributed by atoms with Crippen molar-refractivity contribution in [3.05, 3.63) is 150 Å². The van der Waals surface area contributed by atoms with Gasteiger partial charge in [0.2, 0.25) is 5.91 Å². The van der Waals surface area contributed by atoms with Crippen LogP contribution in [-0.2, 0) is 9.59 Å². The summed E-state index contributed by atoms with van der Waals surface area (Å²) in [5, 5.41) is 8.48. The minimum atomic E-state index is -0.508. The Bertz CT molecular complexity index is 1830.